The normalized spacial score (nSPS) is 21.9. The number of esters is 1. The highest BCUT2D eigenvalue weighted by Gasteiger charge is 2.41. The van der Waals surface area contributed by atoms with Gasteiger partial charge in [0.05, 0.1) is 17.6 Å². The minimum absolute atomic E-state index is 0.0508. The van der Waals surface area contributed by atoms with E-state index in [1.54, 1.807) is 19.1 Å². The molecule has 7 nitrogen and oxygen atoms in total. The summed E-state index contributed by atoms with van der Waals surface area (Å²) in [5.74, 6) is -1.29. The van der Waals surface area contributed by atoms with Gasteiger partial charge in [-0.1, -0.05) is 17.7 Å². The first kappa shape index (κ1) is 18.4. The van der Waals surface area contributed by atoms with E-state index in [0.717, 1.165) is 5.56 Å². The molecule has 1 heterocycles. The third-order valence-electron chi connectivity index (χ3n) is 3.85. The quantitative estimate of drug-likeness (QED) is 0.770. The fourth-order valence-corrected chi connectivity index (χ4v) is 3.81. The zero-order valence-corrected chi connectivity index (χ0v) is 14.4. The Bertz CT molecular complexity index is 724. The predicted molar refractivity (Wildman–Crippen MR) is 85.4 cm³/mol. The van der Waals surface area contributed by atoms with Crippen LogP contribution in [0.5, 0.6) is 0 Å². The molecule has 1 saturated heterocycles. The molecule has 1 aliphatic rings. The van der Waals surface area contributed by atoms with Gasteiger partial charge in [-0.3, -0.25) is 4.79 Å². The van der Waals surface area contributed by atoms with Crippen LogP contribution < -0.4 is 4.72 Å². The molecule has 0 saturated carbocycles. The number of carbonyl (C=O) groups is 1. The SMILES string of the molecule is CCOC(=O)[C@H](NS(=O)(=O)c1ccc(C)cc1)[C@@H]1CCO[C@H]1C#N. The van der Waals surface area contributed by atoms with Gasteiger partial charge >= 0.3 is 5.97 Å². The van der Waals surface area contributed by atoms with Crippen LogP contribution in [-0.4, -0.2) is 39.7 Å². The average molecular weight is 352 g/mol. The fraction of sp³-hybridized carbons (Fsp3) is 0.500. The molecule has 24 heavy (non-hydrogen) atoms. The van der Waals surface area contributed by atoms with E-state index in [0.29, 0.717) is 13.0 Å². The van der Waals surface area contributed by atoms with Crippen LogP contribution >= 0.6 is 0 Å². The van der Waals surface area contributed by atoms with Crippen molar-refractivity contribution in [1.82, 2.24) is 4.72 Å². The minimum Gasteiger partial charge on any atom is -0.465 e. The number of hydrogen-bond donors (Lipinski definition) is 1. The first-order valence-corrected chi connectivity index (χ1v) is 9.14. The number of benzene rings is 1. The number of hydrogen-bond acceptors (Lipinski definition) is 6. The Kier molecular flexibility index (Phi) is 5.94. The molecule has 0 radical (unpaired) electrons. The van der Waals surface area contributed by atoms with Crippen molar-refractivity contribution in [1.29, 1.82) is 5.26 Å². The Morgan fingerprint density at radius 2 is 2.12 bits per heavy atom. The standard InChI is InChI=1S/C16H20N2O5S/c1-3-22-16(19)15(13-8-9-23-14(13)10-17)18-24(20,21)12-6-4-11(2)5-7-12/h4-7,13-15,18H,3,8-9H2,1-2H3/t13-,14+,15-/m1/s1. The summed E-state index contributed by atoms with van der Waals surface area (Å²) < 4.78 is 37.8. The molecule has 0 unspecified atom stereocenters. The number of sulfonamides is 1. The second-order valence-electron chi connectivity index (χ2n) is 5.54. The van der Waals surface area contributed by atoms with E-state index in [1.165, 1.54) is 12.1 Å². The van der Waals surface area contributed by atoms with Crippen molar-refractivity contribution in [3.8, 4) is 6.07 Å². The number of nitriles is 1. The summed E-state index contributed by atoms with van der Waals surface area (Å²) >= 11 is 0. The van der Waals surface area contributed by atoms with E-state index in [4.69, 9.17) is 14.7 Å². The fourth-order valence-electron chi connectivity index (χ4n) is 2.58. The van der Waals surface area contributed by atoms with Gasteiger partial charge in [-0.25, -0.2) is 8.42 Å². The number of aryl methyl sites for hydroxylation is 1. The Balaban J connectivity index is 2.29. The maximum Gasteiger partial charge on any atom is 0.324 e. The lowest BCUT2D eigenvalue weighted by atomic mass is 9.94. The highest BCUT2D eigenvalue weighted by molar-refractivity contribution is 7.89. The molecule has 1 N–H and O–H groups in total. The van der Waals surface area contributed by atoms with Gasteiger partial charge in [-0.15, -0.1) is 0 Å². The summed E-state index contributed by atoms with van der Waals surface area (Å²) in [6.45, 7) is 3.90. The van der Waals surface area contributed by atoms with E-state index in [-0.39, 0.29) is 11.5 Å². The van der Waals surface area contributed by atoms with E-state index < -0.39 is 34.1 Å². The third kappa shape index (κ3) is 4.12. The van der Waals surface area contributed by atoms with Gasteiger partial charge in [-0.2, -0.15) is 9.98 Å². The molecular formula is C16H20N2O5S. The number of carbonyl (C=O) groups excluding carboxylic acids is 1. The topological polar surface area (TPSA) is 105 Å². The lowest BCUT2D eigenvalue weighted by Gasteiger charge is -2.23. The van der Waals surface area contributed by atoms with Gasteiger partial charge in [0.1, 0.15) is 12.1 Å². The molecular weight excluding hydrogens is 332 g/mol. The largest absolute Gasteiger partial charge is 0.465 e. The van der Waals surface area contributed by atoms with E-state index in [1.807, 2.05) is 13.0 Å². The monoisotopic (exact) mass is 352 g/mol. The summed E-state index contributed by atoms with van der Waals surface area (Å²) in [4.78, 5) is 12.3. The summed E-state index contributed by atoms with van der Waals surface area (Å²) in [7, 11) is -3.92. The second-order valence-corrected chi connectivity index (χ2v) is 7.25. The van der Waals surface area contributed by atoms with Crippen LogP contribution in [0.1, 0.15) is 18.9 Å². The third-order valence-corrected chi connectivity index (χ3v) is 5.30. The molecule has 3 atom stereocenters. The lowest BCUT2D eigenvalue weighted by molar-refractivity contribution is -0.146. The predicted octanol–water partition coefficient (Wildman–Crippen LogP) is 1.13. The number of nitrogens with one attached hydrogen (secondary N) is 1. The van der Waals surface area contributed by atoms with Crippen LogP contribution in [0.15, 0.2) is 29.2 Å². The van der Waals surface area contributed by atoms with Gasteiger partial charge in [-0.05, 0) is 32.4 Å². The molecule has 8 heteroatoms. The first-order chi connectivity index (χ1) is 11.4. The molecule has 130 valence electrons. The van der Waals surface area contributed by atoms with Gasteiger partial charge in [0.25, 0.3) is 0 Å². The molecule has 0 aliphatic carbocycles. The summed E-state index contributed by atoms with van der Waals surface area (Å²) in [5.41, 5.74) is 0.921. The van der Waals surface area contributed by atoms with Crippen molar-refractivity contribution in [2.75, 3.05) is 13.2 Å². The van der Waals surface area contributed by atoms with Crippen LogP contribution in [0, 0.1) is 24.2 Å². The zero-order valence-electron chi connectivity index (χ0n) is 13.6. The number of nitrogens with zero attached hydrogens (tertiary/aromatic N) is 1. The molecule has 1 aliphatic heterocycles. The van der Waals surface area contributed by atoms with Crippen molar-refractivity contribution in [3.63, 3.8) is 0 Å². The molecule has 1 aromatic carbocycles. The Morgan fingerprint density at radius 3 is 2.71 bits per heavy atom. The number of ether oxygens (including phenoxy) is 2. The smallest absolute Gasteiger partial charge is 0.324 e. The van der Waals surface area contributed by atoms with Crippen molar-refractivity contribution in [2.24, 2.45) is 5.92 Å². The van der Waals surface area contributed by atoms with Gasteiger partial charge in [0.15, 0.2) is 0 Å². The molecule has 2 rings (SSSR count). The molecule has 1 aromatic rings. The van der Waals surface area contributed by atoms with Crippen LogP contribution in [-0.2, 0) is 24.3 Å². The second kappa shape index (κ2) is 7.75. The maximum absolute atomic E-state index is 12.6. The van der Waals surface area contributed by atoms with Crippen LogP contribution in [0.3, 0.4) is 0 Å². The Morgan fingerprint density at radius 1 is 1.46 bits per heavy atom. The molecule has 1 fully saturated rings. The Hall–Kier alpha value is -1.95. The minimum atomic E-state index is -3.92. The van der Waals surface area contributed by atoms with Gasteiger partial charge in [0.2, 0.25) is 10.0 Å². The van der Waals surface area contributed by atoms with Crippen molar-refractivity contribution in [3.05, 3.63) is 29.8 Å². The van der Waals surface area contributed by atoms with E-state index >= 15 is 0 Å². The van der Waals surface area contributed by atoms with Gasteiger partial charge in [0, 0.05) is 12.5 Å². The number of rotatable bonds is 6. The summed E-state index contributed by atoms with van der Waals surface area (Å²) in [6, 6.07) is 7.07. The summed E-state index contributed by atoms with van der Waals surface area (Å²) in [6.07, 6.45) is -0.446. The van der Waals surface area contributed by atoms with Crippen molar-refractivity contribution >= 4 is 16.0 Å². The first-order valence-electron chi connectivity index (χ1n) is 7.66. The van der Waals surface area contributed by atoms with Crippen molar-refractivity contribution < 1.29 is 22.7 Å². The highest BCUT2D eigenvalue weighted by atomic mass is 32.2. The maximum atomic E-state index is 12.6. The van der Waals surface area contributed by atoms with E-state index in [9.17, 15) is 13.2 Å². The lowest BCUT2D eigenvalue weighted by Crippen LogP contribution is -2.48. The molecule has 0 spiro atoms. The van der Waals surface area contributed by atoms with Crippen LogP contribution in [0.2, 0.25) is 0 Å². The van der Waals surface area contributed by atoms with Crippen molar-refractivity contribution in [2.45, 2.75) is 37.3 Å². The van der Waals surface area contributed by atoms with Crippen LogP contribution in [0.4, 0.5) is 0 Å². The van der Waals surface area contributed by atoms with E-state index in [2.05, 4.69) is 4.72 Å². The molecule has 0 bridgehead atoms. The van der Waals surface area contributed by atoms with Gasteiger partial charge < -0.3 is 9.47 Å². The van der Waals surface area contributed by atoms with Crippen LogP contribution in [0.25, 0.3) is 0 Å². The summed E-state index contributed by atoms with van der Waals surface area (Å²) in [5, 5.41) is 9.14. The molecule has 0 amide bonds. The molecule has 0 aromatic heterocycles. The average Bonchev–Trinajstić information content (AvgIpc) is 3.01. The highest BCUT2D eigenvalue weighted by Crippen LogP contribution is 2.26. The zero-order chi connectivity index (χ0) is 17.7. The Labute approximate surface area is 141 Å².